The summed E-state index contributed by atoms with van der Waals surface area (Å²) in [4.78, 5) is 17.1. The fraction of sp³-hybridized carbons (Fsp3) is 0. The molecule has 0 spiro atoms. The van der Waals surface area contributed by atoms with Crippen LogP contribution in [-0.4, -0.2) is 10.8 Å². The first kappa shape index (κ1) is 16.0. The van der Waals surface area contributed by atoms with Gasteiger partial charge in [-0.05, 0) is 30.3 Å². The highest BCUT2D eigenvalue weighted by atomic mass is 79.9. The monoisotopic (exact) mass is 407 g/mol. The summed E-state index contributed by atoms with van der Waals surface area (Å²) in [5.41, 5.74) is 7.24. The molecule has 0 saturated heterocycles. The first-order valence-electron chi connectivity index (χ1n) is 6.62. The maximum atomic E-state index is 12.5. The fourth-order valence-corrected chi connectivity index (χ4v) is 3.46. The zero-order valence-electron chi connectivity index (χ0n) is 11.7. The molecule has 1 heterocycles. The van der Waals surface area contributed by atoms with Crippen LogP contribution in [0.25, 0.3) is 0 Å². The second kappa shape index (κ2) is 6.70. The molecule has 23 heavy (non-hydrogen) atoms. The zero-order chi connectivity index (χ0) is 16.4. The Hall–Kier alpha value is -1.89. The van der Waals surface area contributed by atoms with E-state index in [0.717, 1.165) is 10.2 Å². The van der Waals surface area contributed by atoms with Crippen molar-refractivity contribution in [2.75, 3.05) is 11.1 Å². The van der Waals surface area contributed by atoms with Gasteiger partial charge < -0.3 is 11.1 Å². The molecule has 1 aromatic heterocycles. The number of benzene rings is 2. The van der Waals surface area contributed by atoms with Crippen LogP contribution in [0.4, 0.5) is 16.6 Å². The number of thiazole rings is 1. The van der Waals surface area contributed by atoms with Crippen LogP contribution in [0.1, 0.15) is 15.2 Å². The summed E-state index contributed by atoms with van der Waals surface area (Å²) in [5.74, 6) is 0.0160. The molecule has 0 fully saturated rings. The molecule has 3 aromatic rings. The maximum absolute atomic E-state index is 12.5. The van der Waals surface area contributed by atoms with Gasteiger partial charge >= 0.3 is 0 Å². The number of nitrogens with two attached hydrogens (primary N) is 1. The molecule has 0 amide bonds. The minimum Gasteiger partial charge on any atom is -0.382 e. The molecule has 0 aliphatic heterocycles. The minimum absolute atomic E-state index is 0.190. The zero-order valence-corrected chi connectivity index (χ0v) is 14.9. The van der Waals surface area contributed by atoms with Crippen LogP contribution in [-0.2, 0) is 0 Å². The predicted octanol–water partition coefficient (Wildman–Crippen LogP) is 5.12. The molecule has 0 unspecified atom stereocenters. The second-order valence-corrected chi connectivity index (χ2v) is 7.06. The van der Waals surface area contributed by atoms with Crippen molar-refractivity contribution in [1.29, 1.82) is 0 Å². The first-order valence-corrected chi connectivity index (χ1v) is 8.61. The third-order valence-corrected chi connectivity index (χ3v) is 4.74. The van der Waals surface area contributed by atoms with Crippen molar-refractivity contribution < 1.29 is 4.79 Å². The van der Waals surface area contributed by atoms with Crippen LogP contribution in [0, 0.1) is 0 Å². The Morgan fingerprint density at radius 1 is 1.22 bits per heavy atom. The van der Waals surface area contributed by atoms with Gasteiger partial charge in [-0.3, -0.25) is 4.79 Å². The van der Waals surface area contributed by atoms with Crippen molar-refractivity contribution in [2.45, 2.75) is 0 Å². The summed E-state index contributed by atoms with van der Waals surface area (Å²) in [7, 11) is 0. The smallest absolute Gasteiger partial charge is 0.206 e. The number of hydrogen-bond donors (Lipinski definition) is 2. The lowest BCUT2D eigenvalue weighted by molar-refractivity contribution is 0.104. The number of hydrogen-bond acceptors (Lipinski definition) is 5. The molecule has 2 aromatic carbocycles. The molecule has 0 aliphatic rings. The fourth-order valence-electron chi connectivity index (χ4n) is 2.00. The van der Waals surface area contributed by atoms with Gasteiger partial charge in [-0.1, -0.05) is 57.1 Å². The van der Waals surface area contributed by atoms with E-state index < -0.39 is 0 Å². The van der Waals surface area contributed by atoms with E-state index in [1.54, 1.807) is 24.3 Å². The van der Waals surface area contributed by atoms with E-state index in [2.05, 4.69) is 26.2 Å². The highest BCUT2D eigenvalue weighted by Crippen LogP contribution is 2.30. The maximum Gasteiger partial charge on any atom is 0.206 e. The summed E-state index contributed by atoms with van der Waals surface area (Å²) in [5, 5.41) is 4.21. The largest absolute Gasteiger partial charge is 0.382 e. The van der Waals surface area contributed by atoms with E-state index in [-0.39, 0.29) is 11.6 Å². The van der Waals surface area contributed by atoms with Gasteiger partial charge in [0, 0.05) is 20.7 Å². The van der Waals surface area contributed by atoms with Gasteiger partial charge in [0.25, 0.3) is 0 Å². The van der Waals surface area contributed by atoms with Gasteiger partial charge in [-0.15, -0.1) is 0 Å². The van der Waals surface area contributed by atoms with Crippen molar-refractivity contribution in [2.24, 2.45) is 0 Å². The van der Waals surface area contributed by atoms with Crippen molar-refractivity contribution in [3.05, 3.63) is 68.5 Å². The predicted molar refractivity (Wildman–Crippen MR) is 98.8 cm³/mol. The topological polar surface area (TPSA) is 68.0 Å². The molecule has 0 radical (unpaired) electrons. The van der Waals surface area contributed by atoms with Crippen LogP contribution in [0.5, 0.6) is 0 Å². The Kier molecular flexibility index (Phi) is 4.66. The molecule has 0 aliphatic carbocycles. The molecule has 7 heteroatoms. The summed E-state index contributed by atoms with van der Waals surface area (Å²) in [6.07, 6.45) is 0. The molecule has 0 saturated carbocycles. The molecule has 0 atom stereocenters. The van der Waals surface area contributed by atoms with E-state index in [1.165, 1.54) is 11.3 Å². The van der Waals surface area contributed by atoms with E-state index in [1.807, 2.05) is 24.3 Å². The Bertz CT molecular complexity index is 881. The first-order chi connectivity index (χ1) is 11.0. The lowest BCUT2D eigenvalue weighted by Crippen LogP contribution is -2.02. The van der Waals surface area contributed by atoms with Crippen LogP contribution in [0.2, 0.25) is 5.02 Å². The lowest BCUT2D eigenvalue weighted by atomic mass is 10.1. The molecule has 4 nitrogen and oxygen atoms in total. The average molecular weight is 409 g/mol. The number of rotatable bonds is 4. The van der Waals surface area contributed by atoms with Crippen LogP contribution >= 0.6 is 38.9 Å². The molecule has 3 N–H and O–H groups in total. The highest BCUT2D eigenvalue weighted by molar-refractivity contribution is 9.10. The summed E-state index contributed by atoms with van der Waals surface area (Å²) >= 11 is 10.6. The number of carbonyl (C=O) groups excluding carboxylic acids is 1. The average Bonchev–Trinajstić information content (AvgIpc) is 2.87. The summed E-state index contributed by atoms with van der Waals surface area (Å²) < 4.78 is 0.947. The van der Waals surface area contributed by atoms with E-state index in [4.69, 9.17) is 17.3 Å². The summed E-state index contributed by atoms with van der Waals surface area (Å²) in [6, 6.07) is 14.4. The van der Waals surface area contributed by atoms with Gasteiger partial charge in [-0.25, -0.2) is 4.98 Å². The standard InChI is InChI=1S/C16H11BrClN3OS/c17-10-4-2-6-12(8-10)20-16-21-15(19)14(23-16)13(22)9-3-1-5-11(18)7-9/h1-8H,19H2,(H,20,21). The molecular formula is C16H11BrClN3OS. The molecule has 3 rings (SSSR count). The third kappa shape index (κ3) is 3.72. The number of nitrogens with zero attached hydrogens (tertiary/aromatic N) is 1. The van der Waals surface area contributed by atoms with Crippen LogP contribution in [0.15, 0.2) is 53.0 Å². The van der Waals surface area contributed by atoms with Crippen LogP contribution < -0.4 is 11.1 Å². The van der Waals surface area contributed by atoms with E-state index in [0.29, 0.717) is 20.6 Å². The SMILES string of the molecule is Nc1nc(Nc2cccc(Br)c2)sc1C(=O)c1cccc(Cl)c1. The molecular weight excluding hydrogens is 398 g/mol. The van der Waals surface area contributed by atoms with Gasteiger partial charge in [0.05, 0.1) is 0 Å². The van der Waals surface area contributed by atoms with Gasteiger partial charge in [0.2, 0.25) is 5.78 Å². The Balaban J connectivity index is 1.87. The highest BCUT2D eigenvalue weighted by Gasteiger charge is 2.18. The van der Waals surface area contributed by atoms with Crippen molar-refractivity contribution >= 4 is 61.3 Å². The van der Waals surface area contributed by atoms with Crippen molar-refractivity contribution in [3.63, 3.8) is 0 Å². The third-order valence-electron chi connectivity index (χ3n) is 3.02. The van der Waals surface area contributed by atoms with Gasteiger partial charge in [0.15, 0.2) is 5.13 Å². The van der Waals surface area contributed by atoms with Crippen molar-refractivity contribution in [1.82, 2.24) is 4.98 Å². The minimum atomic E-state index is -0.190. The Morgan fingerprint density at radius 3 is 2.74 bits per heavy atom. The van der Waals surface area contributed by atoms with Crippen molar-refractivity contribution in [3.8, 4) is 0 Å². The molecule has 116 valence electrons. The lowest BCUT2D eigenvalue weighted by Gasteiger charge is -2.02. The number of aromatic nitrogens is 1. The van der Waals surface area contributed by atoms with Gasteiger partial charge in [0.1, 0.15) is 10.7 Å². The van der Waals surface area contributed by atoms with E-state index in [9.17, 15) is 4.79 Å². The number of carbonyl (C=O) groups is 1. The Labute approximate surface area is 150 Å². The van der Waals surface area contributed by atoms with Crippen LogP contribution in [0.3, 0.4) is 0 Å². The quantitative estimate of drug-likeness (QED) is 0.588. The van der Waals surface area contributed by atoms with Gasteiger partial charge in [-0.2, -0.15) is 0 Å². The summed E-state index contributed by atoms with van der Waals surface area (Å²) in [6.45, 7) is 0. The Morgan fingerprint density at radius 2 is 2.00 bits per heavy atom. The normalized spacial score (nSPS) is 10.5. The second-order valence-electron chi connectivity index (χ2n) is 4.71. The number of nitrogens with one attached hydrogen (secondary N) is 1. The number of ketones is 1. The number of anilines is 3. The number of nitrogen functional groups attached to an aromatic ring is 1. The molecule has 0 bridgehead atoms. The van der Waals surface area contributed by atoms with E-state index >= 15 is 0 Å². The number of halogens is 2.